The number of unbranched alkanes of at least 4 members (excludes halogenated alkanes) is 1. The SMILES string of the molecule is CCCCn1c(-c2ccc(OCCc3ccc(Cl)cc3)cc2)nc2cc(CN3CCN(C)CC3)ccc21. The van der Waals surface area contributed by atoms with E-state index in [1.807, 2.05) is 24.3 Å². The first-order valence-corrected chi connectivity index (χ1v) is 13.8. The Labute approximate surface area is 225 Å². The highest BCUT2D eigenvalue weighted by molar-refractivity contribution is 6.30. The number of nitrogens with zero attached hydrogens (tertiary/aromatic N) is 4. The van der Waals surface area contributed by atoms with Crippen molar-refractivity contribution < 1.29 is 4.74 Å². The lowest BCUT2D eigenvalue weighted by atomic mass is 10.1. The van der Waals surface area contributed by atoms with Gasteiger partial charge in [-0.15, -0.1) is 0 Å². The highest BCUT2D eigenvalue weighted by atomic mass is 35.5. The van der Waals surface area contributed by atoms with E-state index in [9.17, 15) is 0 Å². The van der Waals surface area contributed by atoms with E-state index in [-0.39, 0.29) is 0 Å². The van der Waals surface area contributed by atoms with Crippen LogP contribution < -0.4 is 4.74 Å². The third-order valence-corrected chi connectivity index (χ3v) is 7.49. The molecule has 1 saturated heterocycles. The highest BCUT2D eigenvalue weighted by Crippen LogP contribution is 2.28. The van der Waals surface area contributed by atoms with Gasteiger partial charge in [0.1, 0.15) is 11.6 Å². The average molecular weight is 517 g/mol. The summed E-state index contributed by atoms with van der Waals surface area (Å²) in [6.07, 6.45) is 3.14. The summed E-state index contributed by atoms with van der Waals surface area (Å²) in [4.78, 5) is 10.1. The molecule has 0 atom stereocenters. The van der Waals surface area contributed by atoms with E-state index in [1.54, 1.807) is 0 Å². The Bertz CT molecular complexity index is 1290. The Kier molecular flexibility index (Phi) is 8.45. The molecule has 0 saturated carbocycles. The van der Waals surface area contributed by atoms with Gasteiger partial charge >= 0.3 is 0 Å². The summed E-state index contributed by atoms with van der Waals surface area (Å²) in [6.45, 7) is 9.35. The number of hydrogen-bond donors (Lipinski definition) is 0. The molecular formula is C31H37ClN4O. The van der Waals surface area contributed by atoms with Gasteiger partial charge in [0.25, 0.3) is 0 Å². The summed E-state index contributed by atoms with van der Waals surface area (Å²) < 4.78 is 8.40. The third kappa shape index (κ3) is 6.53. The largest absolute Gasteiger partial charge is 0.493 e. The van der Waals surface area contributed by atoms with Crippen LogP contribution in [0.5, 0.6) is 5.75 Å². The molecule has 1 fully saturated rings. The molecule has 5 nitrogen and oxygen atoms in total. The van der Waals surface area contributed by atoms with Gasteiger partial charge in [-0.25, -0.2) is 4.98 Å². The lowest BCUT2D eigenvalue weighted by Gasteiger charge is -2.32. The minimum atomic E-state index is 0.631. The molecule has 0 unspecified atom stereocenters. The molecule has 2 heterocycles. The van der Waals surface area contributed by atoms with E-state index in [4.69, 9.17) is 21.3 Å². The van der Waals surface area contributed by atoms with E-state index in [0.29, 0.717) is 6.61 Å². The summed E-state index contributed by atoms with van der Waals surface area (Å²) in [5.41, 5.74) is 5.98. The van der Waals surface area contributed by atoms with E-state index in [0.717, 1.165) is 86.2 Å². The van der Waals surface area contributed by atoms with Crippen LogP contribution in [0.1, 0.15) is 30.9 Å². The number of halogens is 1. The zero-order chi connectivity index (χ0) is 25.6. The van der Waals surface area contributed by atoms with E-state index >= 15 is 0 Å². The molecule has 194 valence electrons. The van der Waals surface area contributed by atoms with Crippen molar-refractivity contribution in [3.8, 4) is 17.1 Å². The van der Waals surface area contributed by atoms with E-state index in [2.05, 4.69) is 70.8 Å². The molecule has 4 aromatic rings. The molecule has 0 radical (unpaired) electrons. The van der Waals surface area contributed by atoms with Gasteiger partial charge in [-0.05, 0) is 73.1 Å². The number of benzene rings is 3. The Hall–Kier alpha value is -2.86. The predicted octanol–water partition coefficient (Wildman–Crippen LogP) is 6.53. The van der Waals surface area contributed by atoms with Crippen molar-refractivity contribution in [2.45, 2.75) is 39.3 Å². The third-order valence-electron chi connectivity index (χ3n) is 7.24. The summed E-state index contributed by atoms with van der Waals surface area (Å²) in [5, 5.41) is 0.761. The smallest absolute Gasteiger partial charge is 0.141 e. The van der Waals surface area contributed by atoms with E-state index < -0.39 is 0 Å². The highest BCUT2D eigenvalue weighted by Gasteiger charge is 2.16. The first kappa shape index (κ1) is 25.8. The summed E-state index contributed by atoms with van der Waals surface area (Å²) in [5.74, 6) is 1.91. The second-order valence-electron chi connectivity index (χ2n) is 10.1. The predicted molar refractivity (Wildman–Crippen MR) is 154 cm³/mol. The van der Waals surface area contributed by atoms with Gasteiger partial charge in [0.05, 0.1) is 17.6 Å². The standard InChI is InChI=1S/C31H37ClN4O/c1-3-4-16-36-30-14-7-25(23-35-19-17-34(2)18-20-35)22-29(30)33-31(36)26-8-12-28(13-9-26)37-21-15-24-5-10-27(32)11-6-24/h5-14,22H,3-4,15-21,23H2,1-2H3. The second kappa shape index (κ2) is 12.1. The minimum Gasteiger partial charge on any atom is -0.493 e. The van der Waals surface area contributed by atoms with Crippen LogP contribution >= 0.6 is 11.6 Å². The van der Waals surface area contributed by atoms with Crippen molar-refractivity contribution in [1.82, 2.24) is 19.4 Å². The van der Waals surface area contributed by atoms with Gasteiger partial charge in [0, 0.05) is 56.3 Å². The summed E-state index contributed by atoms with van der Waals surface area (Å²) in [7, 11) is 2.20. The maximum Gasteiger partial charge on any atom is 0.141 e. The van der Waals surface area contributed by atoms with Crippen molar-refractivity contribution >= 4 is 22.6 Å². The Morgan fingerprint density at radius 2 is 1.62 bits per heavy atom. The Balaban J connectivity index is 1.31. The summed E-state index contributed by atoms with van der Waals surface area (Å²) >= 11 is 5.98. The number of aryl methyl sites for hydroxylation is 1. The molecule has 6 heteroatoms. The molecule has 1 aliphatic heterocycles. The van der Waals surface area contributed by atoms with Gasteiger partial charge in [-0.3, -0.25) is 4.90 Å². The van der Waals surface area contributed by atoms with Gasteiger partial charge in [0.2, 0.25) is 0 Å². The van der Waals surface area contributed by atoms with Crippen molar-refractivity contribution in [2.75, 3.05) is 39.8 Å². The molecule has 0 spiro atoms. The van der Waals surface area contributed by atoms with Crippen LogP contribution in [0.3, 0.4) is 0 Å². The molecule has 0 amide bonds. The number of ether oxygens (including phenoxy) is 1. The number of imidazole rings is 1. The number of likely N-dealkylation sites (N-methyl/N-ethyl adjacent to an activating group) is 1. The van der Waals surface area contributed by atoms with E-state index in [1.165, 1.54) is 16.6 Å². The fourth-order valence-corrected chi connectivity index (χ4v) is 5.06. The van der Waals surface area contributed by atoms with Crippen LogP contribution in [0.2, 0.25) is 5.02 Å². The molecule has 1 aliphatic rings. The van der Waals surface area contributed by atoms with Gasteiger partial charge in [-0.2, -0.15) is 0 Å². The quantitative estimate of drug-likeness (QED) is 0.240. The maximum atomic E-state index is 6.01. The molecule has 0 aliphatic carbocycles. The molecule has 5 rings (SSSR count). The van der Waals surface area contributed by atoms with Crippen LogP contribution in [0.25, 0.3) is 22.4 Å². The number of rotatable bonds is 10. The molecule has 37 heavy (non-hydrogen) atoms. The monoisotopic (exact) mass is 516 g/mol. The maximum absolute atomic E-state index is 6.01. The van der Waals surface area contributed by atoms with Gasteiger partial charge in [-0.1, -0.05) is 43.1 Å². The number of fused-ring (bicyclic) bond motifs is 1. The van der Waals surface area contributed by atoms with Crippen molar-refractivity contribution in [3.05, 3.63) is 82.9 Å². The number of hydrogen-bond acceptors (Lipinski definition) is 4. The van der Waals surface area contributed by atoms with Crippen LogP contribution in [-0.2, 0) is 19.5 Å². The second-order valence-corrected chi connectivity index (χ2v) is 10.5. The van der Waals surface area contributed by atoms with Crippen LogP contribution in [0.15, 0.2) is 66.7 Å². The Morgan fingerprint density at radius 3 is 2.35 bits per heavy atom. The molecule has 3 aromatic carbocycles. The lowest BCUT2D eigenvalue weighted by Crippen LogP contribution is -2.43. The molecule has 1 aromatic heterocycles. The van der Waals surface area contributed by atoms with Crippen LogP contribution in [0.4, 0.5) is 0 Å². The molecule has 0 N–H and O–H groups in total. The topological polar surface area (TPSA) is 33.5 Å². The van der Waals surface area contributed by atoms with Crippen LogP contribution in [-0.4, -0.2) is 59.2 Å². The number of piperazine rings is 1. The first-order chi connectivity index (χ1) is 18.1. The first-order valence-electron chi connectivity index (χ1n) is 13.5. The fourth-order valence-electron chi connectivity index (χ4n) is 4.94. The van der Waals surface area contributed by atoms with Crippen molar-refractivity contribution in [3.63, 3.8) is 0 Å². The molecular weight excluding hydrogens is 480 g/mol. The number of aromatic nitrogens is 2. The van der Waals surface area contributed by atoms with Crippen molar-refractivity contribution in [2.24, 2.45) is 0 Å². The minimum absolute atomic E-state index is 0.631. The fraction of sp³-hybridized carbons (Fsp3) is 0.387. The normalized spacial score (nSPS) is 14.9. The van der Waals surface area contributed by atoms with Crippen LogP contribution in [0, 0.1) is 0 Å². The zero-order valence-electron chi connectivity index (χ0n) is 22.0. The lowest BCUT2D eigenvalue weighted by molar-refractivity contribution is 0.148. The summed E-state index contributed by atoms with van der Waals surface area (Å²) in [6, 6.07) is 23.1. The van der Waals surface area contributed by atoms with Gasteiger partial charge in [0.15, 0.2) is 0 Å². The Morgan fingerprint density at radius 1 is 0.892 bits per heavy atom. The van der Waals surface area contributed by atoms with Crippen molar-refractivity contribution in [1.29, 1.82) is 0 Å². The van der Waals surface area contributed by atoms with Gasteiger partial charge < -0.3 is 14.2 Å². The average Bonchev–Trinajstić information content (AvgIpc) is 3.28. The zero-order valence-corrected chi connectivity index (χ0v) is 22.8. The molecule has 0 bridgehead atoms.